The molecule has 1 aromatic rings. The lowest BCUT2D eigenvalue weighted by molar-refractivity contribution is 0.308. The normalized spacial score (nSPS) is 15.4. The van der Waals surface area contributed by atoms with Crippen molar-refractivity contribution < 1.29 is 13.0 Å². The highest BCUT2D eigenvalue weighted by molar-refractivity contribution is 7.86. The van der Waals surface area contributed by atoms with Crippen LogP contribution in [0.5, 0.6) is 0 Å². The molecule has 0 amide bonds. The molecule has 6 N–H and O–H groups in total. The summed E-state index contributed by atoms with van der Waals surface area (Å²) in [6, 6.07) is 0. The van der Waals surface area contributed by atoms with Crippen LogP contribution in [-0.4, -0.2) is 42.0 Å². The summed E-state index contributed by atoms with van der Waals surface area (Å²) in [7, 11) is -3.70. The molecule has 104 valence electrons. The van der Waals surface area contributed by atoms with Gasteiger partial charge in [-0.2, -0.15) is 8.42 Å². The average molecular weight is 287 g/mol. The van der Waals surface area contributed by atoms with Gasteiger partial charge in [-0.25, -0.2) is 9.77 Å². The molecule has 0 unspecified atom stereocenters. The third-order valence-electron chi connectivity index (χ3n) is 2.53. The number of anilines is 1. The topological polar surface area (TPSA) is 164 Å². The van der Waals surface area contributed by atoms with Crippen molar-refractivity contribution in [2.75, 3.05) is 18.4 Å². The molecule has 10 nitrogen and oxygen atoms in total. The van der Waals surface area contributed by atoms with Crippen LogP contribution in [0.2, 0.25) is 0 Å². The standard InChI is InChI=1S/C8H13N7O3S/c9-7(10)6-8(14-18-13-6)12-3-5-1-2-15(4-5)19(11,16)17/h4H,1-3H2,(H3,9,10)(H,12,14)(H2,11,16,17). The number of hydrogen-bond donors (Lipinski definition) is 4. The summed E-state index contributed by atoms with van der Waals surface area (Å²) in [5.41, 5.74) is 6.22. The predicted octanol–water partition coefficient (Wildman–Crippen LogP) is -1.44. The van der Waals surface area contributed by atoms with E-state index in [1.807, 2.05) is 0 Å². The van der Waals surface area contributed by atoms with Crippen molar-refractivity contribution in [3.63, 3.8) is 0 Å². The zero-order valence-electron chi connectivity index (χ0n) is 9.83. The van der Waals surface area contributed by atoms with Crippen LogP contribution in [0.25, 0.3) is 0 Å². The van der Waals surface area contributed by atoms with Crippen molar-refractivity contribution in [2.45, 2.75) is 6.42 Å². The van der Waals surface area contributed by atoms with Gasteiger partial charge in [-0.05, 0) is 22.3 Å². The number of amidine groups is 1. The molecule has 0 spiro atoms. The first-order valence-electron chi connectivity index (χ1n) is 5.28. The largest absolute Gasteiger partial charge is 0.382 e. The van der Waals surface area contributed by atoms with Crippen LogP contribution in [0.4, 0.5) is 5.82 Å². The van der Waals surface area contributed by atoms with Crippen LogP contribution < -0.4 is 16.2 Å². The molecule has 1 aliphatic heterocycles. The number of nitrogens with zero attached hydrogens (tertiary/aromatic N) is 3. The Morgan fingerprint density at radius 1 is 1.58 bits per heavy atom. The number of hydrogen-bond acceptors (Lipinski definition) is 7. The van der Waals surface area contributed by atoms with E-state index in [9.17, 15) is 8.42 Å². The molecule has 2 heterocycles. The Kier molecular flexibility index (Phi) is 3.40. The van der Waals surface area contributed by atoms with Crippen molar-refractivity contribution >= 4 is 21.9 Å². The fourth-order valence-corrected chi connectivity index (χ4v) is 2.24. The highest BCUT2D eigenvalue weighted by atomic mass is 32.2. The van der Waals surface area contributed by atoms with Gasteiger partial charge in [0.25, 0.3) is 10.2 Å². The van der Waals surface area contributed by atoms with Crippen molar-refractivity contribution in [2.24, 2.45) is 10.9 Å². The van der Waals surface area contributed by atoms with Crippen molar-refractivity contribution in [1.82, 2.24) is 14.6 Å². The lowest BCUT2D eigenvalue weighted by atomic mass is 10.2. The van der Waals surface area contributed by atoms with Crippen LogP contribution >= 0.6 is 0 Å². The first kappa shape index (κ1) is 13.3. The third kappa shape index (κ3) is 3.00. The minimum absolute atomic E-state index is 0.113. The van der Waals surface area contributed by atoms with Crippen LogP contribution in [-0.2, 0) is 10.2 Å². The predicted molar refractivity (Wildman–Crippen MR) is 66.3 cm³/mol. The fourth-order valence-electron chi connectivity index (χ4n) is 1.60. The van der Waals surface area contributed by atoms with Crippen LogP contribution in [0.1, 0.15) is 12.1 Å². The smallest absolute Gasteiger partial charge is 0.298 e. The van der Waals surface area contributed by atoms with Crippen molar-refractivity contribution in [1.29, 1.82) is 5.41 Å². The average Bonchev–Trinajstić information content (AvgIpc) is 2.94. The van der Waals surface area contributed by atoms with Gasteiger partial charge in [-0.3, -0.25) is 9.71 Å². The molecule has 0 saturated carbocycles. The summed E-state index contributed by atoms with van der Waals surface area (Å²) in [5.74, 6) is -0.0298. The van der Waals surface area contributed by atoms with Gasteiger partial charge in [0.2, 0.25) is 5.82 Å². The third-order valence-corrected chi connectivity index (χ3v) is 3.48. The Hall–Kier alpha value is -2.14. The van der Waals surface area contributed by atoms with Crippen LogP contribution in [0, 0.1) is 5.41 Å². The first-order valence-corrected chi connectivity index (χ1v) is 6.78. The zero-order chi connectivity index (χ0) is 14.0. The van der Waals surface area contributed by atoms with Crippen LogP contribution in [0.15, 0.2) is 16.4 Å². The maximum Gasteiger partial charge on any atom is 0.298 e. The lowest BCUT2D eigenvalue weighted by Crippen LogP contribution is -2.30. The van der Waals surface area contributed by atoms with Gasteiger partial charge in [0.15, 0.2) is 5.69 Å². The minimum atomic E-state index is -3.70. The van der Waals surface area contributed by atoms with Gasteiger partial charge in [-0.15, -0.1) is 0 Å². The highest BCUT2D eigenvalue weighted by Gasteiger charge is 2.21. The second kappa shape index (κ2) is 4.85. The Labute approximate surface area is 109 Å². The van der Waals surface area contributed by atoms with E-state index in [2.05, 4.69) is 20.3 Å². The van der Waals surface area contributed by atoms with E-state index in [1.165, 1.54) is 6.20 Å². The molecule has 0 bridgehead atoms. The van der Waals surface area contributed by atoms with Crippen molar-refractivity contribution in [3.05, 3.63) is 17.5 Å². The summed E-state index contributed by atoms with van der Waals surface area (Å²) in [6.07, 6.45) is 2.02. The molecule has 0 radical (unpaired) electrons. The molecule has 1 aromatic heterocycles. The molecule has 0 atom stereocenters. The van der Waals surface area contributed by atoms with E-state index in [0.29, 0.717) is 19.5 Å². The van der Waals surface area contributed by atoms with Gasteiger partial charge < -0.3 is 11.1 Å². The number of nitrogens with two attached hydrogens (primary N) is 2. The minimum Gasteiger partial charge on any atom is -0.382 e. The molecule has 0 aromatic carbocycles. The van der Waals surface area contributed by atoms with E-state index in [-0.39, 0.29) is 17.3 Å². The SMILES string of the molecule is N=C(N)c1nonc1NCC1=CN(S(N)(=O)=O)CC1. The molecular formula is C8H13N7O3S. The van der Waals surface area contributed by atoms with E-state index >= 15 is 0 Å². The Morgan fingerprint density at radius 2 is 2.32 bits per heavy atom. The summed E-state index contributed by atoms with van der Waals surface area (Å²) in [6.45, 7) is 0.646. The molecule has 11 heteroatoms. The van der Waals surface area contributed by atoms with E-state index < -0.39 is 10.2 Å². The second-order valence-electron chi connectivity index (χ2n) is 3.92. The first-order chi connectivity index (χ1) is 8.88. The molecule has 2 rings (SSSR count). The summed E-state index contributed by atoms with van der Waals surface area (Å²) in [5, 5.41) is 22.2. The van der Waals surface area contributed by atoms with E-state index in [4.69, 9.17) is 16.3 Å². The quantitative estimate of drug-likeness (QED) is 0.380. The molecule has 0 fully saturated rings. The van der Waals surface area contributed by atoms with Gasteiger partial charge >= 0.3 is 0 Å². The number of nitrogens with one attached hydrogen (secondary N) is 2. The fraction of sp³-hybridized carbons (Fsp3) is 0.375. The van der Waals surface area contributed by atoms with Crippen molar-refractivity contribution in [3.8, 4) is 0 Å². The summed E-state index contributed by atoms with van der Waals surface area (Å²) < 4.78 is 27.8. The number of aromatic nitrogens is 2. The number of nitrogen functional groups attached to an aromatic ring is 1. The van der Waals surface area contributed by atoms with Gasteiger partial charge in [0, 0.05) is 19.3 Å². The molecule has 1 aliphatic rings. The molecule has 0 aliphatic carbocycles. The maximum absolute atomic E-state index is 11.1. The monoisotopic (exact) mass is 287 g/mol. The second-order valence-corrected chi connectivity index (χ2v) is 5.42. The van der Waals surface area contributed by atoms with E-state index in [1.54, 1.807) is 0 Å². The van der Waals surface area contributed by atoms with Gasteiger partial charge in [-0.1, -0.05) is 0 Å². The van der Waals surface area contributed by atoms with E-state index in [0.717, 1.165) is 9.88 Å². The molecule has 19 heavy (non-hydrogen) atoms. The Balaban J connectivity index is 2.01. The van der Waals surface area contributed by atoms with Gasteiger partial charge in [0.1, 0.15) is 5.84 Å². The molecular weight excluding hydrogens is 274 g/mol. The zero-order valence-corrected chi connectivity index (χ0v) is 10.6. The summed E-state index contributed by atoms with van der Waals surface area (Å²) >= 11 is 0. The molecule has 0 saturated heterocycles. The highest BCUT2D eigenvalue weighted by Crippen LogP contribution is 2.17. The number of rotatable bonds is 5. The maximum atomic E-state index is 11.1. The lowest BCUT2D eigenvalue weighted by Gasteiger charge is -2.09. The van der Waals surface area contributed by atoms with Gasteiger partial charge in [0.05, 0.1) is 0 Å². The Morgan fingerprint density at radius 3 is 2.89 bits per heavy atom. The summed E-state index contributed by atoms with van der Waals surface area (Å²) in [4.78, 5) is 0. The Bertz CT molecular complexity index is 620. The van der Waals surface area contributed by atoms with Crippen LogP contribution in [0.3, 0.4) is 0 Å².